The van der Waals surface area contributed by atoms with E-state index in [1.165, 1.54) is 89.9 Å². The van der Waals surface area contributed by atoms with Gasteiger partial charge >= 0.3 is 17.9 Å². The van der Waals surface area contributed by atoms with Gasteiger partial charge in [-0.25, -0.2) is 0 Å². The van der Waals surface area contributed by atoms with Crippen LogP contribution in [0.3, 0.4) is 0 Å². The van der Waals surface area contributed by atoms with Crippen molar-refractivity contribution in [3.8, 4) is 0 Å². The summed E-state index contributed by atoms with van der Waals surface area (Å²) < 4.78 is 0.637. The summed E-state index contributed by atoms with van der Waals surface area (Å²) in [7, 11) is 0. The van der Waals surface area contributed by atoms with Crippen LogP contribution in [0.1, 0.15) is 155 Å². The van der Waals surface area contributed by atoms with Crippen molar-refractivity contribution in [2.24, 2.45) is 0 Å². The third kappa shape index (κ3) is 26.3. The smallest absolute Gasteiger partial charge is 0.303 e. The second kappa shape index (κ2) is 27.3. The number of carboxylic acid groups (broad SMARTS) is 3. The van der Waals surface area contributed by atoms with Crippen LogP contribution in [0, 0.1) is 0 Å². The maximum atomic E-state index is 11.1. The summed E-state index contributed by atoms with van der Waals surface area (Å²) in [6.45, 7) is 5.12. The zero-order valence-corrected chi connectivity index (χ0v) is 25.8. The van der Waals surface area contributed by atoms with E-state index in [0.717, 1.165) is 25.8 Å². The zero-order chi connectivity index (χ0) is 29.7. The Morgan fingerprint density at radius 1 is 0.450 bits per heavy atom. The monoisotopic (exact) mass is 568 g/mol. The first-order valence-electron chi connectivity index (χ1n) is 16.5. The summed E-state index contributed by atoms with van der Waals surface area (Å²) in [6, 6.07) is 0. The number of carbonyl (C=O) groups is 3. The van der Waals surface area contributed by atoms with Crippen molar-refractivity contribution in [3.05, 3.63) is 12.2 Å². The number of hydrogen-bond acceptors (Lipinski definition) is 3. The van der Waals surface area contributed by atoms with Crippen LogP contribution in [0.2, 0.25) is 0 Å². The van der Waals surface area contributed by atoms with E-state index in [2.05, 4.69) is 19.1 Å². The van der Waals surface area contributed by atoms with Crippen LogP contribution in [-0.2, 0) is 14.4 Å². The van der Waals surface area contributed by atoms with Crippen molar-refractivity contribution in [1.82, 2.24) is 0 Å². The number of aliphatic carboxylic acids is 3. The van der Waals surface area contributed by atoms with E-state index in [1.807, 2.05) is 0 Å². The number of quaternary nitrogens is 1. The molecule has 40 heavy (non-hydrogen) atoms. The quantitative estimate of drug-likeness (QED) is 0.0438. The predicted molar refractivity (Wildman–Crippen MR) is 164 cm³/mol. The van der Waals surface area contributed by atoms with Crippen molar-refractivity contribution in [3.63, 3.8) is 0 Å². The van der Waals surface area contributed by atoms with Gasteiger partial charge in [0.05, 0.1) is 45.4 Å². The Morgan fingerprint density at radius 3 is 1.10 bits per heavy atom. The normalized spacial score (nSPS) is 11.8. The molecule has 0 aromatic rings. The molecule has 0 heterocycles. The number of nitrogens with zero attached hydrogens (tertiary/aromatic N) is 1. The Kier molecular flexibility index (Phi) is 26.0. The van der Waals surface area contributed by atoms with Gasteiger partial charge in [0, 0.05) is 19.3 Å². The highest BCUT2D eigenvalue weighted by Crippen LogP contribution is 2.18. The van der Waals surface area contributed by atoms with Gasteiger partial charge in [-0.1, -0.05) is 89.7 Å². The molecule has 0 saturated carbocycles. The molecule has 0 aromatic heterocycles. The average molecular weight is 569 g/mol. The average Bonchev–Trinajstić information content (AvgIpc) is 2.89. The summed E-state index contributed by atoms with van der Waals surface area (Å²) in [5, 5.41) is 27.3. The Hall–Kier alpha value is -1.89. The summed E-state index contributed by atoms with van der Waals surface area (Å²) in [5.74, 6) is -2.48. The highest BCUT2D eigenvalue weighted by Gasteiger charge is 2.27. The van der Waals surface area contributed by atoms with E-state index < -0.39 is 17.9 Å². The molecule has 0 aliphatic heterocycles. The van der Waals surface area contributed by atoms with Crippen LogP contribution in [0.4, 0.5) is 0 Å². The molecule has 0 bridgehead atoms. The molecule has 0 rings (SSSR count). The topological polar surface area (TPSA) is 112 Å². The zero-order valence-electron chi connectivity index (χ0n) is 25.8. The molecule has 234 valence electrons. The lowest BCUT2D eigenvalue weighted by molar-refractivity contribution is -0.929. The number of hydrogen-bond donors (Lipinski definition) is 3. The molecule has 0 saturated heterocycles. The highest BCUT2D eigenvalue weighted by molar-refractivity contribution is 5.67. The van der Waals surface area contributed by atoms with Crippen LogP contribution in [0.25, 0.3) is 0 Å². The molecular formula is C33H62NO6+. The van der Waals surface area contributed by atoms with E-state index in [0.29, 0.717) is 43.4 Å². The van der Waals surface area contributed by atoms with Gasteiger partial charge in [-0.15, -0.1) is 0 Å². The van der Waals surface area contributed by atoms with Gasteiger partial charge in [-0.3, -0.25) is 14.4 Å². The van der Waals surface area contributed by atoms with Gasteiger partial charge in [-0.2, -0.15) is 0 Å². The fourth-order valence-corrected chi connectivity index (χ4v) is 5.59. The van der Waals surface area contributed by atoms with E-state index in [9.17, 15) is 14.4 Å². The number of unbranched alkanes of at least 4 members (excludes halogenated alkanes) is 15. The second-order valence-corrected chi connectivity index (χ2v) is 11.7. The Balaban J connectivity index is 4.16. The molecule has 7 nitrogen and oxygen atoms in total. The molecule has 0 fully saturated rings. The van der Waals surface area contributed by atoms with E-state index in [-0.39, 0.29) is 19.3 Å². The molecule has 0 aromatic carbocycles. The molecule has 0 amide bonds. The lowest BCUT2D eigenvalue weighted by atomic mass is 10.1. The van der Waals surface area contributed by atoms with Crippen molar-refractivity contribution >= 4 is 17.9 Å². The van der Waals surface area contributed by atoms with Gasteiger partial charge in [0.15, 0.2) is 0 Å². The third-order valence-electron chi connectivity index (χ3n) is 7.96. The lowest BCUT2D eigenvalue weighted by Gasteiger charge is -2.39. The maximum Gasteiger partial charge on any atom is 0.303 e. The van der Waals surface area contributed by atoms with Gasteiger partial charge in [0.2, 0.25) is 0 Å². The van der Waals surface area contributed by atoms with Crippen LogP contribution in [-0.4, -0.2) is 63.9 Å². The predicted octanol–water partition coefficient (Wildman–Crippen LogP) is 8.61. The van der Waals surface area contributed by atoms with Crippen LogP contribution in [0.5, 0.6) is 0 Å². The van der Waals surface area contributed by atoms with E-state index in [1.54, 1.807) is 0 Å². The Bertz CT molecular complexity index is 613. The van der Waals surface area contributed by atoms with Crippen molar-refractivity contribution in [1.29, 1.82) is 0 Å². The molecule has 7 heteroatoms. The lowest BCUT2D eigenvalue weighted by Crippen LogP contribution is -2.51. The number of allylic oxidation sites excluding steroid dienone is 2. The Labute approximate surface area is 245 Å². The fraction of sp³-hybridized carbons (Fsp3) is 0.848. The summed E-state index contributed by atoms with van der Waals surface area (Å²) in [5.41, 5.74) is 0. The molecular weight excluding hydrogens is 506 g/mol. The standard InChI is InChI=1S/C33H61NO6/c1-2-3-4-5-6-7-8-9-10-11-12-13-14-15-16-17-18-19-20-27-34(28-21-24-31(35)36,29-22-25-32(37)38)30-23-26-33(39)40/h12-13H,2-11,14-30H2,1H3,(H2-,35,36,37,38,39,40)/p+1/b13-12+. The van der Waals surface area contributed by atoms with Crippen molar-refractivity contribution < 1.29 is 34.2 Å². The van der Waals surface area contributed by atoms with Crippen LogP contribution >= 0.6 is 0 Å². The highest BCUT2D eigenvalue weighted by atomic mass is 16.4. The first-order valence-corrected chi connectivity index (χ1v) is 16.5. The SMILES string of the molecule is CCCCCCCCCCC/C=C/CCCCCCCC[N+](CCCC(=O)O)(CCCC(=O)O)CCCC(=O)O. The van der Waals surface area contributed by atoms with E-state index in [4.69, 9.17) is 15.3 Å². The minimum absolute atomic E-state index is 0.0888. The molecule has 0 aliphatic rings. The van der Waals surface area contributed by atoms with Gasteiger partial charge in [0.25, 0.3) is 0 Å². The minimum atomic E-state index is -0.826. The molecule has 3 N–H and O–H groups in total. The van der Waals surface area contributed by atoms with Gasteiger partial charge < -0.3 is 19.8 Å². The maximum absolute atomic E-state index is 11.1. The summed E-state index contributed by atoms with van der Waals surface area (Å²) in [4.78, 5) is 33.2. The first-order chi connectivity index (χ1) is 19.3. The van der Waals surface area contributed by atoms with Gasteiger partial charge in [0.1, 0.15) is 0 Å². The molecule has 0 unspecified atom stereocenters. The van der Waals surface area contributed by atoms with Crippen LogP contribution in [0.15, 0.2) is 12.2 Å². The number of rotatable bonds is 31. The fourth-order valence-electron chi connectivity index (χ4n) is 5.59. The molecule has 0 atom stereocenters. The third-order valence-corrected chi connectivity index (χ3v) is 7.96. The van der Waals surface area contributed by atoms with Crippen molar-refractivity contribution in [2.75, 3.05) is 26.2 Å². The van der Waals surface area contributed by atoms with Crippen molar-refractivity contribution in [2.45, 2.75) is 155 Å². The molecule has 0 aliphatic carbocycles. The summed E-state index contributed by atoms with van der Waals surface area (Å²) in [6.07, 6.45) is 28.3. The molecule has 0 radical (unpaired) electrons. The molecule has 0 spiro atoms. The van der Waals surface area contributed by atoms with Gasteiger partial charge in [-0.05, 0) is 38.5 Å². The second-order valence-electron chi connectivity index (χ2n) is 11.7. The largest absolute Gasteiger partial charge is 0.481 e. The first kappa shape index (κ1) is 38.1. The van der Waals surface area contributed by atoms with E-state index >= 15 is 0 Å². The summed E-state index contributed by atoms with van der Waals surface area (Å²) >= 11 is 0. The number of carboxylic acids is 3. The van der Waals surface area contributed by atoms with Crippen LogP contribution < -0.4 is 0 Å². The Morgan fingerprint density at radius 2 is 0.750 bits per heavy atom. The minimum Gasteiger partial charge on any atom is -0.481 e.